The summed E-state index contributed by atoms with van der Waals surface area (Å²) in [4.78, 5) is 39.1. The van der Waals surface area contributed by atoms with Crippen molar-refractivity contribution >= 4 is 40.2 Å². The summed E-state index contributed by atoms with van der Waals surface area (Å²) in [5.74, 6) is -0.707. The molecule has 1 aromatic heterocycles. The second kappa shape index (κ2) is 10.4. The van der Waals surface area contributed by atoms with E-state index in [2.05, 4.69) is 36.5 Å². The van der Waals surface area contributed by atoms with Crippen LogP contribution in [0.1, 0.15) is 73.4 Å². The van der Waals surface area contributed by atoms with Gasteiger partial charge in [-0.1, -0.05) is 45.0 Å². The molecule has 0 aliphatic carbocycles. The van der Waals surface area contributed by atoms with Gasteiger partial charge in [0, 0.05) is 16.6 Å². The first-order valence-electron chi connectivity index (χ1n) is 12.8. The van der Waals surface area contributed by atoms with Gasteiger partial charge in [-0.25, -0.2) is 4.79 Å². The Morgan fingerprint density at radius 1 is 0.846 bits per heavy atom. The molecule has 0 saturated carbocycles. The molecule has 0 atom stereocenters. The van der Waals surface area contributed by atoms with Crippen LogP contribution in [0.2, 0.25) is 0 Å². The van der Waals surface area contributed by atoms with Crippen LogP contribution in [0.5, 0.6) is 0 Å². The first kappa shape index (κ1) is 27.6. The summed E-state index contributed by atoms with van der Waals surface area (Å²) < 4.78 is 6.61. The van der Waals surface area contributed by atoms with Gasteiger partial charge in [-0.2, -0.15) is 9.78 Å². The molecule has 0 spiro atoms. The number of aromatic nitrogens is 2. The molecular weight excluding hydrogens is 492 g/mol. The molecule has 1 heterocycles. The first-order valence-corrected chi connectivity index (χ1v) is 12.8. The van der Waals surface area contributed by atoms with Crippen LogP contribution in [-0.4, -0.2) is 33.3 Å². The molecule has 0 aliphatic rings. The van der Waals surface area contributed by atoms with Crippen molar-refractivity contribution in [3.63, 3.8) is 0 Å². The van der Waals surface area contributed by atoms with E-state index in [9.17, 15) is 14.4 Å². The Labute approximate surface area is 228 Å². The molecule has 0 unspecified atom stereocenters. The number of aryl methyl sites for hydroxylation is 1. The third kappa shape index (κ3) is 6.34. The summed E-state index contributed by atoms with van der Waals surface area (Å²) in [6.45, 7) is 13.5. The lowest BCUT2D eigenvalue weighted by molar-refractivity contribution is 0.0522. The van der Waals surface area contributed by atoms with Crippen molar-refractivity contribution in [2.45, 2.75) is 59.5 Å². The summed E-state index contributed by atoms with van der Waals surface area (Å²) in [5, 5.41) is 10.7. The van der Waals surface area contributed by atoms with E-state index in [4.69, 9.17) is 4.74 Å². The Balaban J connectivity index is 1.57. The molecule has 4 rings (SSSR count). The number of para-hydroxylation sites is 1. The fourth-order valence-electron chi connectivity index (χ4n) is 4.08. The second-order valence-corrected chi connectivity index (χ2v) is 11.5. The Bertz CT molecular complexity index is 1550. The number of nitrogens with zero attached hydrogens (tertiary/aromatic N) is 2. The number of carbonyl (C=O) groups excluding carboxylic acids is 3. The third-order valence-corrected chi connectivity index (χ3v) is 6.16. The van der Waals surface area contributed by atoms with Gasteiger partial charge in [0.2, 0.25) is 0 Å². The van der Waals surface area contributed by atoms with Gasteiger partial charge < -0.3 is 15.4 Å². The molecule has 2 amide bonds. The maximum Gasteiger partial charge on any atom is 0.435 e. The van der Waals surface area contributed by atoms with Gasteiger partial charge in [0.15, 0.2) is 0 Å². The predicted octanol–water partition coefficient (Wildman–Crippen LogP) is 6.93. The molecular formula is C31H34N4O4. The topological polar surface area (TPSA) is 102 Å². The van der Waals surface area contributed by atoms with E-state index in [1.165, 1.54) is 4.68 Å². The van der Waals surface area contributed by atoms with Gasteiger partial charge in [-0.3, -0.25) is 9.59 Å². The normalized spacial score (nSPS) is 11.8. The van der Waals surface area contributed by atoms with Crippen molar-refractivity contribution in [2.24, 2.45) is 0 Å². The van der Waals surface area contributed by atoms with Crippen LogP contribution in [-0.2, 0) is 10.2 Å². The molecule has 39 heavy (non-hydrogen) atoms. The highest BCUT2D eigenvalue weighted by Crippen LogP contribution is 2.26. The Morgan fingerprint density at radius 3 is 2.18 bits per heavy atom. The number of hydrogen-bond donors (Lipinski definition) is 2. The summed E-state index contributed by atoms with van der Waals surface area (Å²) >= 11 is 0. The lowest BCUT2D eigenvalue weighted by atomic mass is 9.86. The van der Waals surface area contributed by atoms with E-state index in [0.29, 0.717) is 28.0 Å². The lowest BCUT2D eigenvalue weighted by Gasteiger charge is -2.19. The highest BCUT2D eigenvalue weighted by molar-refractivity contribution is 6.13. The first-order chi connectivity index (χ1) is 18.2. The molecule has 0 aliphatic heterocycles. The van der Waals surface area contributed by atoms with E-state index in [-0.39, 0.29) is 11.3 Å². The number of rotatable bonds is 4. The summed E-state index contributed by atoms with van der Waals surface area (Å²) in [5.41, 5.74) is 3.38. The molecule has 2 N–H and O–H groups in total. The van der Waals surface area contributed by atoms with Crippen LogP contribution >= 0.6 is 0 Å². The zero-order valence-corrected chi connectivity index (χ0v) is 23.4. The standard InChI is InChI=1S/C31H34N4O4/c1-19-9-8-10-24(26(19)34-27(36)20-11-14-22(15-12-20)30(2,3)4)28(37)33-23-16-13-21-18-32-35(25(21)17-23)29(38)39-31(5,6)7/h8-18H,1-7H3,(H,33,37)(H,34,36). The van der Waals surface area contributed by atoms with Crippen LogP contribution in [0.3, 0.4) is 0 Å². The summed E-state index contributed by atoms with van der Waals surface area (Å²) in [6.07, 6.45) is 0.952. The predicted molar refractivity (Wildman–Crippen MR) is 154 cm³/mol. The van der Waals surface area contributed by atoms with Crippen molar-refractivity contribution in [1.29, 1.82) is 0 Å². The number of carbonyl (C=O) groups is 3. The quantitative estimate of drug-likeness (QED) is 0.300. The average Bonchev–Trinajstić information content (AvgIpc) is 3.27. The molecule has 0 radical (unpaired) electrons. The SMILES string of the molecule is Cc1cccc(C(=O)Nc2ccc3cnn(C(=O)OC(C)(C)C)c3c2)c1NC(=O)c1ccc(C(C)(C)C)cc1. The van der Waals surface area contributed by atoms with E-state index in [1.807, 2.05) is 25.1 Å². The van der Waals surface area contributed by atoms with Crippen LogP contribution in [0.4, 0.5) is 16.2 Å². The molecule has 0 fully saturated rings. The van der Waals surface area contributed by atoms with Gasteiger partial charge in [-0.15, -0.1) is 0 Å². The molecule has 3 aromatic carbocycles. The molecule has 202 valence electrons. The van der Waals surface area contributed by atoms with E-state index in [0.717, 1.165) is 16.5 Å². The molecule has 8 heteroatoms. The highest BCUT2D eigenvalue weighted by atomic mass is 16.6. The number of anilines is 2. The van der Waals surface area contributed by atoms with Crippen molar-refractivity contribution in [1.82, 2.24) is 9.78 Å². The summed E-state index contributed by atoms with van der Waals surface area (Å²) in [7, 11) is 0. The fraction of sp³-hybridized carbons (Fsp3) is 0.290. The maximum atomic E-state index is 13.4. The lowest BCUT2D eigenvalue weighted by Crippen LogP contribution is -2.27. The largest absolute Gasteiger partial charge is 0.442 e. The number of benzene rings is 3. The minimum atomic E-state index is -0.679. The number of nitrogens with one attached hydrogen (secondary N) is 2. The van der Waals surface area contributed by atoms with E-state index >= 15 is 0 Å². The van der Waals surface area contributed by atoms with Crippen molar-refractivity contribution < 1.29 is 19.1 Å². The van der Waals surface area contributed by atoms with Gasteiger partial charge in [0.05, 0.1) is 23.0 Å². The smallest absolute Gasteiger partial charge is 0.435 e. The third-order valence-electron chi connectivity index (χ3n) is 6.16. The van der Waals surface area contributed by atoms with Crippen molar-refractivity contribution in [2.75, 3.05) is 10.6 Å². The number of hydrogen-bond acceptors (Lipinski definition) is 5. The van der Waals surface area contributed by atoms with Crippen LogP contribution in [0.15, 0.2) is 66.9 Å². The van der Waals surface area contributed by atoms with Gasteiger partial charge >= 0.3 is 6.09 Å². The van der Waals surface area contributed by atoms with Gasteiger partial charge in [0.25, 0.3) is 11.8 Å². The Hall–Kier alpha value is -4.46. The van der Waals surface area contributed by atoms with E-state index in [1.54, 1.807) is 69.4 Å². The van der Waals surface area contributed by atoms with Crippen LogP contribution < -0.4 is 10.6 Å². The highest BCUT2D eigenvalue weighted by Gasteiger charge is 2.21. The molecule has 0 bridgehead atoms. The zero-order chi connectivity index (χ0) is 28.5. The molecule has 8 nitrogen and oxygen atoms in total. The minimum absolute atomic E-state index is 0.0239. The van der Waals surface area contributed by atoms with Gasteiger partial charge in [-0.05, 0) is 80.6 Å². The van der Waals surface area contributed by atoms with E-state index < -0.39 is 17.6 Å². The fourth-order valence-corrected chi connectivity index (χ4v) is 4.08. The van der Waals surface area contributed by atoms with Crippen LogP contribution in [0.25, 0.3) is 10.9 Å². The minimum Gasteiger partial charge on any atom is -0.442 e. The molecule has 0 saturated heterocycles. The van der Waals surface area contributed by atoms with Crippen molar-refractivity contribution in [3.8, 4) is 0 Å². The molecule has 4 aromatic rings. The van der Waals surface area contributed by atoms with Gasteiger partial charge in [0.1, 0.15) is 5.60 Å². The summed E-state index contributed by atoms with van der Waals surface area (Å²) in [6, 6.07) is 17.9. The Morgan fingerprint density at radius 2 is 1.54 bits per heavy atom. The zero-order valence-electron chi connectivity index (χ0n) is 23.4. The average molecular weight is 527 g/mol. The van der Waals surface area contributed by atoms with Crippen LogP contribution in [0, 0.1) is 6.92 Å². The maximum absolute atomic E-state index is 13.4. The monoisotopic (exact) mass is 526 g/mol. The number of fused-ring (bicyclic) bond motifs is 1. The second-order valence-electron chi connectivity index (χ2n) is 11.5. The number of ether oxygens (including phenoxy) is 1. The Kier molecular flexibility index (Phi) is 7.33. The number of amides is 2. The van der Waals surface area contributed by atoms with Crippen molar-refractivity contribution in [3.05, 3.63) is 89.1 Å².